The van der Waals surface area contributed by atoms with Crippen molar-refractivity contribution in [1.29, 1.82) is 0 Å². The minimum Gasteiger partial charge on any atom is -0.872 e. The molecule has 0 aromatic heterocycles. The van der Waals surface area contributed by atoms with Crippen LogP contribution in [0.5, 0.6) is 23.0 Å². The Morgan fingerprint density at radius 3 is 1.14 bits per heavy atom. The molecule has 0 fully saturated rings. The molecule has 59 heavy (non-hydrogen) atoms. The molecule has 306 valence electrons. The highest BCUT2D eigenvalue weighted by atomic mass is 32.2. The SMILES string of the molecule is O=S(=O)([O-])c1cc2c([O-])c(c1)Cc1cc(S(=O)(=O)[O-])cc(c1O)Cc1cc(-c3ccccc3)cc(c1OS(=O)(=O)c1ccccc1)Cc1cc(S(=O)(=O)[O-])cc(c1O)C2. The molecule has 0 saturated heterocycles. The van der Waals surface area contributed by atoms with Gasteiger partial charge in [0.2, 0.25) is 0 Å². The van der Waals surface area contributed by atoms with Crippen LogP contribution < -0.4 is 9.29 Å². The van der Waals surface area contributed by atoms with Crippen LogP contribution >= 0.6 is 0 Å². The van der Waals surface area contributed by atoms with Crippen LogP contribution in [0.15, 0.2) is 129 Å². The van der Waals surface area contributed by atoms with Crippen molar-refractivity contribution < 1.29 is 66.8 Å². The lowest BCUT2D eigenvalue weighted by Crippen LogP contribution is -2.14. The number of benzene rings is 6. The van der Waals surface area contributed by atoms with Gasteiger partial charge in [0.15, 0.2) is 0 Å². The zero-order valence-corrected chi connectivity index (χ0v) is 33.3. The molecule has 2 N–H and O–H groups in total. The van der Waals surface area contributed by atoms with Gasteiger partial charge in [-0.25, -0.2) is 25.3 Å². The maximum absolute atomic E-state index is 13.9. The number of hydrogen-bond acceptors (Lipinski definition) is 15. The van der Waals surface area contributed by atoms with E-state index in [4.69, 9.17) is 4.18 Å². The van der Waals surface area contributed by atoms with Crippen LogP contribution in [0.25, 0.3) is 11.1 Å². The monoisotopic (exact) mass is 876 g/mol. The molecule has 0 unspecified atom stereocenters. The molecule has 1 aliphatic rings. The number of aromatic hydroxyl groups is 2. The van der Waals surface area contributed by atoms with Gasteiger partial charge in [-0.2, -0.15) is 8.42 Å². The third-order valence-electron chi connectivity index (χ3n) is 9.66. The van der Waals surface area contributed by atoms with E-state index in [-0.39, 0.29) is 27.1 Å². The van der Waals surface area contributed by atoms with Gasteiger partial charge in [0.05, 0.1) is 14.7 Å². The highest BCUT2D eigenvalue weighted by Crippen LogP contribution is 2.42. The van der Waals surface area contributed by atoms with E-state index in [0.29, 0.717) is 23.3 Å². The van der Waals surface area contributed by atoms with Crippen LogP contribution in [-0.4, -0.2) is 57.5 Å². The molecule has 0 saturated carbocycles. The second-order valence-electron chi connectivity index (χ2n) is 13.7. The molecular formula is C40H28O15S4-4. The van der Waals surface area contributed by atoms with Gasteiger partial charge < -0.3 is 33.2 Å². The van der Waals surface area contributed by atoms with Gasteiger partial charge >= 0.3 is 10.1 Å². The molecule has 0 heterocycles. The Bertz CT molecular complexity index is 3000. The lowest BCUT2D eigenvalue weighted by molar-refractivity contribution is -0.270. The fourth-order valence-electron chi connectivity index (χ4n) is 6.90. The van der Waals surface area contributed by atoms with Gasteiger partial charge in [0.25, 0.3) is 0 Å². The van der Waals surface area contributed by atoms with Crippen LogP contribution in [0, 0.1) is 0 Å². The Morgan fingerprint density at radius 1 is 0.424 bits per heavy atom. The lowest BCUT2D eigenvalue weighted by Gasteiger charge is -2.25. The summed E-state index contributed by atoms with van der Waals surface area (Å²) >= 11 is 0. The smallest absolute Gasteiger partial charge is 0.339 e. The first-order chi connectivity index (χ1) is 27.6. The highest BCUT2D eigenvalue weighted by Gasteiger charge is 2.26. The zero-order chi connectivity index (χ0) is 42.7. The second kappa shape index (κ2) is 15.1. The molecule has 15 nitrogen and oxygen atoms in total. The van der Waals surface area contributed by atoms with E-state index >= 15 is 0 Å². The maximum atomic E-state index is 13.9. The number of phenolic OH excluding ortho intramolecular Hbond substituents is 2. The first kappa shape index (κ1) is 41.4. The van der Waals surface area contributed by atoms with Crippen LogP contribution in [0.2, 0.25) is 0 Å². The molecule has 8 bridgehead atoms. The van der Waals surface area contributed by atoms with Crippen molar-refractivity contribution in [1.82, 2.24) is 0 Å². The van der Waals surface area contributed by atoms with Crippen LogP contribution in [0.3, 0.4) is 0 Å². The highest BCUT2D eigenvalue weighted by molar-refractivity contribution is 7.87. The van der Waals surface area contributed by atoms with Crippen molar-refractivity contribution in [2.24, 2.45) is 0 Å². The Balaban J connectivity index is 1.61. The quantitative estimate of drug-likeness (QED) is 0.169. The van der Waals surface area contributed by atoms with Crippen molar-refractivity contribution in [3.63, 3.8) is 0 Å². The van der Waals surface area contributed by atoms with Crippen molar-refractivity contribution in [2.45, 2.75) is 45.3 Å². The third kappa shape index (κ3) is 8.67. The standard InChI is InChI=1S/C40H32O15S4/c41-37-25-13-27-19-35(57(47,48)49)21-29(38(27)42)15-31-11-24(23-7-3-1-4-8-23)12-32(40(31)55-59(53,54)33-9-5-2-6-10-33)16-30-22-36(58(50,51)52)20-28(39(30)43)14-26(37)18-34(17-25)56(44,45)46/h1-12,17-22,41-43H,13-16H2,(H,44,45,46)(H,47,48,49)(H,50,51,52)/p-4. The van der Waals surface area contributed by atoms with Crippen molar-refractivity contribution in [3.05, 3.63) is 154 Å². The van der Waals surface area contributed by atoms with Gasteiger partial charge in [0.1, 0.15) is 52.5 Å². The van der Waals surface area contributed by atoms with E-state index < -0.39 is 126 Å². The number of fused-ring (bicyclic) bond motifs is 8. The third-order valence-corrected chi connectivity index (χ3v) is 13.3. The van der Waals surface area contributed by atoms with Gasteiger partial charge in [-0.3, -0.25) is 0 Å². The van der Waals surface area contributed by atoms with E-state index in [2.05, 4.69) is 0 Å². The lowest BCUT2D eigenvalue weighted by atomic mass is 9.89. The zero-order valence-electron chi connectivity index (χ0n) is 30.1. The van der Waals surface area contributed by atoms with Crippen LogP contribution in [-0.2, 0) is 66.2 Å². The predicted molar refractivity (Wildman–Crippen MR) is 203 cm³/mol. The number of rotatable bonds is 7. The van der Waals surface area contributed by atoms with Crippen molar-refractivity contribution in [3.8, 4) is 34.1 Å². The second-order valence-corrected chi connectivity index (χ2v) is 19.3. The minimum absolute atomic E-state index is 0.0480. The summed E-state index contributed by atoms with van der Waals surface area (Å²) in [5.41, 5.74) is -1.53. The maximum Gasteiger partial charge on any atom is 0.339 e. The fourth-order valence-corrected chi connectivity index (χ4v) is 9.64. The average Bonchev–Trinajstić information content (AvgIpc) is 3.16. The van der Waals surface area contributed by atoms with Gasteiger partial charge in [0, 0.05) is 36.8 Å². The molecule has 0 radical (unpaired) electrons. The number of hydrogen-bond donors (Lipinski definition) is 2. The molecule has 6 aromatic carbocycles. The first-order valence-electron chi connectivity index (χ1n) is 17.2. The summed E-state index contributed by atoms with van der Waals surface area (Å²) in [6, 6.07) is 22.9. The van der Waals surface area contributed by atoms with Gasteiger partial charge in [-0.1, -0.05) is 48.5 Å². The van der Waals surface area contributed by atoms with E-state index in [1.54, 1.807) is 36.4 Å². The summed E-state index contributed by atoms with van der Waals surface area (Å²) in [5, 5.41) is 37.3. The van der Waals surface area contributed by atoms with E-state index in [1.807, 2.05) is 0 Å². The summed E-state index contributed by atoms with van der Waals surface area (Å²) in [5.74, 6) is -2.75. The van der Waals surface area contributed by atoms with E-state index in [9.17, 15) is 62.6 Å². The molecule has 6 aromatic rings. The van der Waals surface area contributed by atoms with E-state index in [0.717, 1.165) is 24.3 Å². The fraction of sp³-hybridized carbons (Fsp3) is 0.100. The first-order valence-corrected chi connectivity index (χ1v) is 22.8. The van der Waals surface area contributed by atoms with Gasteiger partial charge in [-0.05, 0) is 105 Å². The molecule has 0 atom stereocenters. The predicted octanol–water partition coefficient (Wildman–Crippen LogP) is 4.00. The van der Waals surface area contributed by atoms with Crippen molar-refractivity contribution >= 4 is 40.5 Å². The Hall–Kier alpha value is -5.80. The summed E-state index contributed by atoms with van der Waals surface area (Å²) in [7, 11) is -20.6. The molecule has 19 heteroatoms. The average molecular weight is 877 g/mol. The summed E-state index contributed by atoms with van der Waals surface area (Å²) < 4.78 is 146. The minimum atomic E-state index is -5.32. The Kier molecular flexibility index (Phi) is 10.6. The summed E-state index contributed by atoms with van der Waals surface area (Å²) in [4.78, 5) is -3.01. The van der Waals surface area contributed by atoms with Crippen LogP contribution in [0.4, 0.5) is 0 Å². The molecule has 0 spiro atoms. The summed E-state index contributed by atoms with van der Waals surface area (Å²) in [6.07, 6.45) is -2.70. The van der Waals surface area contributed by atoms with E-state index in [1.165, 1.54) is 36.4 Å². The van der Waals surface area contributed by atoms with Gasteiger partial charge in [-0.15, -0.1) is 5.75 Å². The number of phenols is 2. The Labute approximate surface area is 338 Å². The normalized spacial score (nSPS) is 13.5. The summed E-state index contributed by atoms with van der Waals surface area (Å²) in [6.45, 7) is 0. The topological polar surface area (TPSA) is 278 Å². The molecule has 0 aliphatic heterocycles. The Morgan fingerprint density at radius 2 is 0.763 bits per heavy atom. The molecular weight excluding hydrogens is 849 g/mol. The molecule has 1 aliphatic carbocycles. The van der Waals surface area contributed by atoms with Crippen molar-refractivity contribution in [2.75, 3.05) is 0 Å². The molecule has 7 rings (SSSR count). The van der Waals surface area contributed by atoms with Crippen LogP contribution in [0.1, 0.15) is 44.5 Å². The molecule has 0 amide bonds. The largest absolute Gasteiger partial charge is 0.872 e.